The van der Waals surface area contributed by atoms with Crippen LogP contribution in [-0.4, -0.2) is 29.3 Å². The fraction of sp³-hybridized carbons (Fsp3) is 0.875. The van der Waals surface area contributed by atoms with E-state index in [0.717, 1.165) is 63.2 Å². The maximum absolute atomic E-state index is 9.54. The average molecular weight is 297 g/mol. The zero-order chi connectivity index (χ0) is 15.5. The van der Waals surface area contributed by atoms with Crippen molar-refractivity contribution in [2.75, 3.05) is 24.6 Å². The summed E-state index contributed by atoms with van der Waals surface area (Å²) in [6, 6.07) is 0. The SMILES string of the molecule is CCCCP(CC)(CCCC)(CCCC)N(C#N)C#N. The molecule has 3 nitrogen and oxygen atoms in total. The summed E-state index contributed by atoms with van der Waals surface area (Å²) in [4.78, 5) is 0. The Morgan fingerprint density at radius 1 is 0.750 bits per heavy atom. The van der Waals surface area contributed by atoms with Gasteiger partial charge in [-0.3, -0.25) is 0 Å². The van der Waals surface area contributed by atoms with Crippen LogP contribution in [0.5, 0.6) is 0 Å². The molecule has 0 saturated carbocycles. The second-order valence-corrected chi connectivity index (χ2v) is 12.2. The summed E-state index contributed by atoms with van der Waals surface area (Å²) >= 11 is 0. The van der Waals surface area contributed by atoms with Gasteiger partial charge in [-0.25, -0.2) is 0 Å². The van der Waals surface area contributed by atoms with Gasteiger partial charge in [0.15, 0.2) is 0 Å². The third-order valence-corrected chi connectivity index (χ3v) is 12.2. The first-order chi connectivity index (χ1) is 9.58. The molecule has 20 heavy (non-hydrogen) atoms. The van der Waals surface area contributed by atoms with Crippen LogP contribution < -0.4 is 0 Å². The number of hydrogen-bond donors (Lipinski definition) is 0. The Hall–Kier alpha value is -0.790. The Kier molecular flexibility index (Phi) is 8.84. The van der Waals surface area contributed by atoms with Crippen LogP contribution in [0.25, 0.3) is 0 Å². The molecule has 0 saturated heterocycles. The molecule has 0 heterocycles. The Labute approximate surface area is 125 Å². The Morgan fingerprint density at radius 3 is 1.30 bits per heavy atom. The molecule has 0 aromatic carbocycles. The van der Waals surface area contributed by atoms with Crippen molar-refractivity contribution in [3.8, 4) is 12.4 Å². The fourth-order valence-electron chi connectivity index (χ4n) is 3.22. The summed E-state index contributed by atoms with van der Waals surface area (Å²) < 4.78 is 1.58. The van der Waals surface area contributed by atoms with Crippen LogP contribution in [0.1, 0.15) is 66.2 Å². The van der Waals surface area contributed by atoms with Gasteiger partial charge in [-0.2, -0.15) is 0 Å². The van der Waals surface area contributed by atoms with Gasteiger partial charge in [0.05, 0.1) is 0 Å². The van der Waals surface area contributed by atoms with Crippen LogP contribution in [0.15, 0.2) is 0 Å². The van der Waals surface area contributed by atoms with Gasteiger partial charge in [-0.05, 0) is 0 Å². The number of unbranched alkanes of at least 4 members (excludes halogenated alkanes) is 3. The molecule has 0 atom stereocenters. The summed E-state index contributed by atoms with van der Waals surface area (Å²) in [6.45, 7) is 6.41. The number of nitrogens with zero attached hydrogens (tertiary/aromatic N) is 3. The summed E-state index contributed by atoms with van der Waals surface area (Å²) in [5.41, 5.74) is 0. The van der Waals surface area contributed by atoms with E-state index < -0.39 is 6.75 Å². The minimum atomic E-state index is -2.39. The molecule has 0 bridgehead atoms. The van der Waals surface area contributed by atoms with Crippen molar-refractivity contribution in [1.82, 2.24) is 4.67 Å². The Morgan fingerprint density at radius 2 is 1.10 bits per heavy atom. The summed E-state index contributed by atoms with van der Waals surface area (Å²) in [5.74, 6) is 0. The predicted molar refractivity (Wildman–Crippen MR) is 89.9 cm³/mol. The van der Waals surface area contributed by atoms with Gasteiger partial charge in [0.2, 0.25) is 0 Å². The Balaban J connectivity index is 5.70. The van der Waals surface area contributed by atoms with Crippen molar-refractivity contribution >= 4 is 6.75 Å². The van der Waals surface area contributed by atoms with Crippen LogP contribution in [0.2, 0.25) is 0 Å². The van der Waals surface area contributed by atoms with Crippen LogP contribution in [-0.2, 0) is 0 Å². The summed E-state index contributed by atoms with van der Waals surface area (Å²) in [7, 11) is 0. The summed E-state index contributed by atoms with van der Waals surface area (Å²) in [5, 5.41) is 19.1. The molecule has 0 aliphatic carbocycles. The van der Waals surface area contributed by atoms with Gasteiger partial charge in [-0.1, -0.05) is 0 Å². The van der Waals surface area contributed by atoms with E-state index in [0.29, 0.717) is 0 Å². The molecule has 0 rings (SSSR count). The van der Waals surface area contributed by atoms with Gasteiger partial charge >= 0.3 is 125 Å². The molecule has 0 aromatic heterocycles. The monoisotopic (exact) mass is 297 g/mol. The molecule has 4 heteroatoms. The molecule has 116 valence electrons. The normalized spacial score (nSPS) is 13.0. The molecule has 0 N–H and O–H groups in total. The van der Waals surface area contributed by atoms with Crippen molar-refractivity contribution in [2.45, 2.75) is 66.2 Å². The second kappa shape index (κ2) is 9.20. The third-order valence-electron chi connectivity index (χ3n) is 4.83. The number of nitriles is 2. The number of hydrogen-bond acceptors (Lipinski definition) is 3. The Bertz CT molecular complexity index is 315. The topological polar surface area (TPSA) is 50.8 Å². The first-order valence-corrected chi connectivity index (χ1v) is 11.1. The molecular weight excluding hydrogens is 265 g/mol. The van der Waals surface area contributed by atoms with E-state index in [1.54, 1.807) is 4.67 Å². The molecule has 0 fully saturated rings. The van der Waals surface area contributed by atoms with E-state index in [2.05, 4.69) is 40.1 Å². The molecule has 0 aliphatic rings. The predicted octanol–water partition coefficient (Wildman–Crippen LogP) is 5.14. The van der Waals surface area contributed by atoms with E-state index in [1.165, 1.54) is 0 Å². The standard InChI is InChI=1S/C16H32N3P/c1-5-9-12-20(8-4,13-10-6-2,14-11-7-3)19(15-17)16-18/h5-14H2,1-4H3. The van der Waals surface area contributed by atoms with Gasteiger partial charge in [0.25, 0.3) is 0 Å². The zero-order valence-electron chi connectivity index (χ0n) is 13.9. The van der Waals surface area contributed by atoms with Gasteiger partial charge in [-0.15, -0.1) is 0 Å². The van der Waals surface area contributed by atoms with E-state index >= 15 is 0 Å². The van der Waals surface area contributed by atoms with E-state index in [4.69, 9.17) is 0 Å². The van der Waals surface area contributed by atoms with Crippen molar-refractivity contribution in [3.63, 3.8) is 0 Å². The van der Waals surface area contributed by atoms with Crippen molar-refractivity contribution in [1.29, 1.82) is 10.5 Å². The third kappa shape index (κ3) is 4.10. The summed E-state index contributed by atoms with van der Waals surface area (Å²) in [6.07, 6.45) is 15.6. The van der Waals surface area contributed by atoms with Gasteiger partial charge in [0.1, 0.15) is 0 Å². The van der Waals surface area contributed by atoms with E-state index in [1.807, 2.05) is 0 Å². The molecule has 0 spiro atoms. The van der Waals surface area contributed by atoms with E-state index in [-0.39, 0.29) is 0 Å². The number of rotatable bonds is 11. The molecular formula is C16H32N3P. The van der Waals surface area contributed by atoms with Crippen molar-refractivity contribution < 1.29 is 0 Å². The molecule has 0 radical (unpaired) electrons. The zero-order valence-corrected chi connectivity index (χ0v) is 14.8. The molecule has 0 aromatic rings. The average Bonchev–Trinajstić information content (AvgIpc) is 2.50. The van der Waals surface area contributed by atoms with Gasteiger partial charge in [0, 0.05) is 0 Å². The van der Waals surface area contributed by atoms with Crippen LogP contribution >= 0.6 is 6.75 Å². The van der Waals surface area contributed by atoms with E-state index in [9.17, 15) is 10.5 Å². The first-order valence-electron chi connectivity index (χ1n) is 8.19. The molecule has 0 aliphatic heterocycles. The second-order valence-electron chi connectivity index (χ2n) is 5.97. The van der Waals surface area contributed by atoms with Gasteiger partial charge < -0.3 is 0 Å². The van der Waals surface area contributed by atoms with Crippen molar-refractivity contribution in [2.24, 2.45) is 0 Å². The van der Waals surface area contributed by atoms with Crippen LogP contribution in [0.3, 0.4) is 0 Å². The van der Waals surface area contributed by atoms with Crippen molar-refractivity contribution in [3.05, 3.63) is 0 Å². The molecule has 0 amide bonds. The van der Waals surface area contributed by atoms with Crippen LogP contribution in [0.4, 0.5) is 0 Å². The van der Waals surface area contributed by atoms with Crippen LogP contribution in [0, 0.1) is 22.9 Å². The quantitative estimate of drug-likeness (QED) is 0.301. The maximum atomic E-state index is 9.54. The minimum absolute atomic E-state index is 1.01. The molecule has 0 unspecified atom stereocenters. The first kappa shape index (κ1) is 19.2. The fourth-order valence-corrected chi connectivity index (χ4v) is 9.61.